The molecule has 8 nitrogen and oxygen atoms in total. The summed E-state index contributed by atoms with van der Waals surface area (Å²) in [7, 11) is -3.64. The highest BCUT2D eigenvalue weighted by atomic mass is 32.2. The zero-order chi connectivity index (χ0) is 19.7. The molecule has 0 atom stereocenters. The number of hydrogen-bond acceptors (Lipinski definition) is 6. The van der Waals surface area contributed by atoms with Crippen LogP contribution in [0.25, 0.3) is 22.3 Å². The first-order chi connectivity index (χ1) is 13.4. The van der Waals surface area contributed by atoms with Crippen LogP contribution in [0.5, 0.6) is 11.5 Å². The number of furan rings is 1. The summed E-state index contributed by atoms with van der Waals surface area (Å²) in [6.45, 7) is 0.0807. The van der Waals surface area contributed by atoms with Gasteiger partial charge < -0.3 is 19.2 Å². The molecule has 2 heterocycles. The first-order valence-electron chi connectivity index (χ1n) is 8.58. The van der Waals surface area contributed by atoms with Gasteiger partial charge in [-0.2, -0.15) is 0 Å². The number of primary sulfonamides is 1. The van der Waals surface area contributed by atoms with E-state index in [1.165, 1.54) is 0 Å². The van der Waals surface area contributed by atoms with E-state index in [1.807, 2.05) is 30.3 Å². The van der Waals surface area contributed by atoms with E-state index in [2.05, 4.69) is 5.32 Å². The van der Waals surface area contributed by atoms with Crippen molar-refractivity contribution in [2.24, 2.45) is 5.14 Å². The number of hydrogen-bond donors (Lipinski definition) is 2. The van der Waals surface area contributed by atoms with Crippen molar-refractivity contribution in [3.8, 4) is 22.8 Å². The fraction of sp³-hybridized carbons (Fsp3) is 0.211. The van der Waals surface area contributed by atoms with Crippen LogP contribution in [0.3, 0.4) is 0 Å². The molecule has 28 heavy (non-hydrogen) atoms. The molecule has 3 aromatic rings. The fourth-order valence-electron chi connectivity index (χ4n) is 3.09. The lowest BCUT2D eigenvalue weighted by Crippen LogP contribution is -2.32. The van der Waals surface area contributed by atoms with Gasteiger partial charge in [0.25, 0.3) is 0 Å². The molecule has 2 aromatic carbocycles. The number of fused-ring (bicyclic) bond motifs is 2. The Labute approximate surface area is 161 Å². The Kier molecular flexibility index (Phi) is 4.70. The molecular weight excluding hydrogens is 384 g/mol. The molecule has 0 bridgehead atoms. The van der Waals surface area contributed by atoms with E-state index < -0.39 is 10.0 Å². The van der Waals surface area contributed by atoms with E-state index in [0.29, 0.717) is 28.4 Å². The molecule has 0 radical (unpaired) electrons. The molecule has 0 unspecified atom stereocenters. The van der Waals surface area contributed by atoms with Gasteiger partial charge in [-0.1, -0.05) is 30.3 Å². The van der Waals surface area contributed by atoms with Crippen molar-refractivity contribution in [3.63, 3.8) is 0 Å². The van der Waals surface area contributed by atoms with Crippen LogP contribution in [-0.4, -0.2) is 33.4 Å². The summed E-state index contributed by atoms with van der Waals surface area (Å²) in [5.74, 6) is 1.09. The number of carbonyl (C=O) groups is 1. The minimum atomic E-state index is -3.64. The van der Waals surface area contributed by atoms with E-state index in [0.717, 1.165) is 10.9 Å². The third-order valence-electron chi connectivity index (χ3n) is 4.37. The fourth-order valence-corrected chi connectivity index (χ4v) is 3.48. The molecule has 1 aliphatic heterocycles. The number of nitrogens with one attached hydrogen (secondary N) is 1. The standard InChI is InChI=1S/C19H18N2O6S/c20-28(23,24)7-6-21-18(22)9-14-13-8-16-17(26-11-25-16)10-15(13)27-19(14)12-4-2-1-3-5-12/h1-5,8,10H,6-7,9,11H2,(H,21,22)(H2,20,23,24). The minimum Gasteiger partial charge on any atom is -0.456 e. The average Bonchev–Trinajstić information content (AvgIpc) is 3.24. The number of carbonyl (C=O) groups excluding carboxylic acids is 1. The Morgan fingerprint density at radius 1 is 1.11 bits per heavy atom. The van der Waals surface area contributed by atoms with Gasteiger partial charge in [0.1, 0.15) is 11.3 Å². The van der Waals surface area contributed by atoms with Crippen molar-refractivity contribution in [2.45, 2.75) is 6.42 Å². The summed E-state index contributed by atoms with van der Waals surface area (Å²) in [6.07, 6.45) is 0.0154. The van der Waals surface area contributed by atoms with Crippen LogP contribution in [0, 0.1) is 0 Å². The highest BCUT2D eigenvalue weighted by Crippen LogP contribution is 2.41. The second-order valence-electron chi connectivity index (χ2n) is 6.37. The van der Waals surface area contributed by atoms with E-state index >= 15 is 0 Å². The first-order valence-corrected chi connectivity index (χ1v) is 10.3. The van der Waals surface area contributed by atoms with E-state index in [-0.39, 0.29) is 31.4 Å². The summed E-state index contributed by atoms with van der Waals surface area (Å²) in [6, 6.07) is 13.0. The molecule has 1 amide bonds. The summed E-state index contributed by atoms with van der Waals surface area (Å²) in [5, 5.41) is 8.28. The van der Waals surface area contributed by atoms with E-state index in [9.17, 15) is 13.2 Å². The third-order valence-corrected chi connectivity index (χ3v) is 5.14. The van der Waals surface area contributed by atoms with Crippen LogP contribution in [0.1, 0.15) is 5.56 Å². The van der Waals surface area contributed by atoms with Crippen LogP contribution in [0.15, 0.2) is 46.9 Å². The maximum Gasteiger partial charge on any atom is 0.231 e. The molecule has 9 heteroatoms. The van der Waals surface area contributed by atoms with Crippen molar-refractivity contribution in [1.29, 1.82) is 0 Å². The maximum absolute atomic E-state index is 12.4. The normalized spacial score (nSPS) is 13.0. The number of nitrogens with two attached hydrogens (primary N) is 1. The van der Waals surface area contributed by atoms with Gasteiger partial charge in [-0.15, -0.1) is 0 Å². The minimum absolute atomic E-state index is 0.0154. The van der Waals surface area contributed by atoms with Crippen LogP contribution in [0.2, 0.25) is 0 Å². The van der Waals surface area contributed by atoms with Crippen molar-refractivity contribution < 1.29 is 27.1 Å². The second-order valence-corrected chi connectivity index (χ2v) is 8.11. The largest absolute Gasteiger partial charge is 0.456 e. The Balaban J connectivity index is 1.69. The highest BCUT2D eigenvalue weighted by molar-refractivity contribution is 7.89. The van der Waals surface area contributed by atoms with Crippen LogP contribution >= 0.6 is 0 Å². The van der Waals surface area contributed by atoms with Gasteiger partial charge in [0.15, 0.2) is 11.5 Å². The SMILES string of the molecule is NS(=O)(=O)CCNC(=O)Cc1c(-c2ccccc2)oc2cc3c(cc12)OCO3. The molecule has 0 fully saturated rings. The van der Waals surface area contributed by atoms with Gasteiger partial charge in [-0.25, -0.2) is 13.6 Å². The summed E-state index contributed by atoms with van der Waals surface area (Å²) < 4.78 is 39.0. The molecule has 0 aliphatic carbocycles. The molecule has 4 rings (SSSR count). The summed E-state index contributed by atoms with van der Waals surface area (Å²) in [5.41, 5.74) is 2.09. The second kappa shape index (κ2) is 7.17. The number of sulfonamides is 1. The van der Waals surface area contributed by atoms with E-state index in [4.69, 9.17) is 19.0 Å². The van der Waals surface area contributed by atoms with Gasteiger partial charge in [-0.3, -0.25) is 4.79 Å². The molecule has 0 saturated carbocycles. The lowest BCUT2D eigenvalue weighted by molar-refractivity contribution is -0.120. The van der Waals surface area contributed by atoms with Gasteiger partial charge >= 0.3 is 0 Å². The molecule has 146 valence electrons. The van der Waals surface area contributed by atoms with Crippen molar-refractivity contribution >= 4 is 26.9 Å². The molecule has 1 aliphatic rings. The zero-order valence-corrected chi connectivity index (χ0v) is 15.6. The third kappa shape index (κ3) is 3.80. The number of amides is 1. The molecule has 0 spiro atoms. The lowest BCUT2D eigenvalue weighted by Gasteiger charge is -2.06. The van der Waals surface area contributed by atoms with Gasteiger partial charge in [-0.05, 0) is 6.07 Å². The van der Waals surface area contributed by atoms with Crippen LogP contribution < -0.4 is 19.9 Å². The van der Waals surface area contributed by atoms with Crippen molar-refractivity contribution in [3.05, 3.63) is 48.0 Å². The quantitative estimate of drug-likeness (QED) is 0.648. The van der Waals surface area contributed by atoms with Crippen molar-refractivity contribution in [1.82, 2.24) is 5.32 Å². The van der Waals surface area contributed by atoms with Crippen LogP contribution in [0.4, 0.5) is 0 Å². The predicted octanol–water partition coefficient (Wildman–Crippen LogP) is 1.78. The van der Waals surface area contributed by atoms with Gasteiger partial charge in [0.2, 0.25) is 22.7 Å². The Morgan fingerprint density at radius 2 is 1.82 bits per heavy atom. The van der Waals surface area contributed by atoms with Gasteiger partial charge in [0.05, 0.1) is 12.2 Å². The summed E-state index contributed by atoms with van der Waals surface area (Å²) in [4.78, 5) is 12.4. The predicted molar refractivity (Wildman–Crippen MR) is 102 cm³/mol. The maximum atomic E-state index is 12.4. The number of rotatable bonds is 6. The Hall–Kier alpha value is -3.04. The summed E-state index contributed by atoms with van der Waals surface area (Å²) >= 11 is 0. The molecule has 1 aromatic heterocycles. The monoisotopic (exact) mass is 402 g/mol. The van der Waals surface area contributed by atoms with Gasteiger partial charge in [0, 0.05) is 29.1 Å². The molecule has 0 saturated heterocycles. The molecule has 3 N–H and O–H groups in total. The Bertz CT molecular complexity index is 1140. The topological polar surface area (TPSA) is 121 Å². The van der Waals surface area contributed by atoms with Crippen molar-refractivity contribution in [2.75, 3.05) is 19.1 Å². The zero-order valence-electron chi connectivity index (χ0n) is 14.8. The van der Waals surface area contributed by atoms with Crippen LogP contribution in [-0.2, 0) is 21.2 Å². The highest BCUT2D eigenvalue weighted by Gasteiger charge is 2.23. The lowest BCUT2D eigenvalue weighted by atomic mass is 10.0. The average molecular weight is 402 g/mol. The molecular formula is C19H18N2O6S. The Morgan fingerprint density at radius 3 is 2.54 bits per heavy atom. The first kappa shape index (κ1) is 18.3. The number of ether oxygens (including phenoxy) is 2. The number of benzene rings is 2. The smallest absolute Gasteiger partial charge is 0.231 e. The van der Waals surface area contributed by atoms with E-state index in [1.54, 1.807) is 12.1 Å².